The number of para-hydroxylation sites is 2. The van der Waals surface area contributed by atoms with Gasteiger partial charge in [0, 0.05) is 12.7 Å². The average molecular weight is 403 g/mol. The largest absolute Gasteiger partial charge is 0.481 e. The Kier molecular flexibility index (Phi) is 6.36. The minimum absolute atomic E-state index is 0.101. The van der Waals surface area contributed by atoms with Crippen molar-refractivity contribution in [1.29, 1.82) is 0 Å². The Morgan fingerprint density at radius 2 is 1.89 bits per heavy atom. The lowest BCUT2D eigenvalue weighted by molar-refractivity contribution is -0.113. The monoisotopic (exact) mass is 402 g/mol. The third kappa shape index (κ3) is 5.02. The quantitative estimate of drug-likeness (QED) is 0.595. The lowest BCUT2D eigenvalue weighted by atomic mass is 10.3. The number of rotatable bonds is 7. The topological polar surface area (TPSA) is 69.0 Å². The van der Waals surface area contributed by atoms with Crippen LogP contribution in [0, 0.1) is 0 Å². The van der Waals surface area contributed by atoms with Gasteiger partial charge in [-0.05, 0) is 31.2 Å². The highest BCUT2D eigenvalue weighted by atomic mass is 35.5. The van der Waals surface area contributed by atoms with E-state index in [9.17, 15) is 4.79 Å². The second-order valence-corrected chi connectivity index (χ2v) is 7.14. The lowest BCUT2D eigenvalue weighted by Gasteiger charge is -2.15. The number of carbonyl (C=O) groups is 1. The average Bonchev–Trinajstić information content (AvgIpc) is 3.03. The predicted molar refractivity (Wildman–Crippen MR) is 107 cm³/mol. The first-order valence-corrected chi connectivity index (χ1v) is 9.69. The number of anilines is 1. The highest BCUT2D eigenvalue weighted by Crippen LogP contribution is 2.29. The molecular formula is C19H19ClN4O2S. The number of carbonyl (C=O) groups excluding carboxylic acids is 1. The molecule has 0 aliphatic heterocycles. The first-order valence-electron chi connectivity index (χ1n) is 8.32. The Morgan fingerprint density at radius 1 is 1.19 bits per heavy atom. The molecule has 0 fully saturated rings. The summed E-state index contributed by atoms with van der Waals surface area (Å²) in [6, 6.07) is 16.6. The van der Waals surface area contributed by atoms with Crippen LogP contribution in [0.1, 0.15) is 18.9 Å². The van der Waals surface area contributed by atoms with Gasteiger partial charge in [0.05, 0.1) is 10.8 Å². The van der Waals surface area contributed by atoms with Gasteiger partial charge in [-0.25, -0.2) is 0 Å². The maximum atomic E-state index is 12.1. The number of amides is 1. The molecular weight excluding hydrogens is 384 g/mol. The fraction of sp³-hybridized carbons (Fsp3) is 0.211. The molecule has 1 N–H and O–H groups in total. The number of thioether (sulfide) groups is 1. The molecule has 0 spiro atoms. The van der Waals surface area contributed by atoms with Gasteiger partial charge in [-0.2, -0.15) is 0 Å². The summed E-state index contributed by atoms with van der Waals surface area (Å²) >= 11 is 7.45. The number of nitrogens with zero attached hydrogens (tertiary/aromatic N) is 3. The summed E-state index contributed by atoms with van der Waals surface area (Å²) in [5.41, 5.74) is 0.767. The van der Waals surface area contributed by atoms with E-state index in [4.69, 9.17) is 16.3 Å². The van der Waals surface area contributed by atoms with Gasteiger partial charge in [-0.15, -0.1) is 10.2 Å². The molecule has 0 saturated carbocycles. The highest BCUT2D eigenvalue weighted by molar-refractivity contribution is 7.99. The molecule has 1 aromatic heterocycles. The Bertz CT molecular complexity index is 917. The lowest BCUT2D eigenvalue weighted by Crippen LogP contribution is -2.14. The number of halogens is 1. The first kappa shape index (κ1) is 19.3. The summed E-state index contributed by atoms with van der Waals surface area (Å²) in [6.45, 7) is 1.88. The summed E-state index contributed by atoms with van der Waals surface area (Å²) in [5.74, 6) is 1.38. The fourth-order valence-electron chi connectivity index (χ4n) is 2.44. The van der Waals surface area contributed by atoms with Crippen LogP contribution in [-0.4, -0.2) is 26.4 Å². The summed E-state index contributed by atoms with van der Waals surface area (Å²) in [6.07, 6.45) is -0.338. The van der Waals surface area contributed by atoms with Crippen molar-refractivity contribution in [2.24, 2.45) is 7.05 Å². The number of aromatic nitrogens is 3. The van der Waals surface area contributed by atoms with Crippen molar-refractivity contribution < 1.29 is 9.53 Å². The van der Waals surface area contributed by atoms with Crippen molar-refractivity contribution in [3.8, 4) is 5.75 Å². The second kappa shape index (κ2) is 8.92. The summed E-state index contributed by atoms with van der Waals surface area (Å²) in [7, 11) is 1.85. The second-order valence-electron chi connectivity index (χ2n) is 5.79. The molecule has 0 saturated heterocycles. The van der Waals surface area contributed by atoms with E-state index in [2.05, 4.69) is 15.5 Å². The Labute approximate surface area is 166 Å². The molecule has 1 amide bonds. The fourth-order valence-corrected chi connectivity index (χ4v) is 3.34. The molecule has 2 aromatic carbocycles. The van der Waals surface area contributed by atoms with E-state index in [1.807, 2.05) is 61.0 Å². The third-order valence-corrected chi connectivity index (χ3v) is 5.09. The molecule has 3 rings (SSSR count). The van der Waals surface area contributed by atoms with Crippen LogP contribution in [0.4, 0.5) is 5.69 Å². The summed E-state index contributed by atoms with van der Waals surface area (Å²) in [4.78, 5) is 12.1. The van der Waals surface area contributed by atoms with E-state index in [1.165, 1.54) is 11.8 Å². The van der Waals surface area contributed by atoms with Gasteiger partial charge in [0.15, 0.2) is 17.1 Å². The van der Waals surface area contributed by atoms with Crippen LogP contribution in [0.3, 0.4) is 0 Å². The van der Waals surface area contributed by atoms with E-state index < -0.39 is 0 Å². The van der Waals surface area contributed by atoms with Crippen molar-refractivity contribution in [1.82, 2.24) is 14.8 Å². The van der Waals surface area contributed by atoms with Crippen LogP contribution in [0.2, 0.25) is 5.02 Å². The third-order valence-electron chi connectivity index (χ3n) is 3.76. The van der Waals surface area contributed by atoms with Gasteiger partial charge in [0.2, 0.25) is 5.91 Å². The predicted octanol–water partition coefficient (Wildman–Crippen LogP) is 4.34. The van der Waals surface area contributed by atoms with Gasteiger partial charge in [0.25, 0.3) is 0 Å². The standard InChI is InChI=1S/C19H19ClN4O2S/c1-13(26-16-11-7-6-10-15(16)20)18-22-23-19(24(18)2)27-12-17(25)21-14-8-4-3-5-9-14/h3-11,13H,12H2,1-2H3,(H,21,25). The normalized spacial score (nSPS) is 11.8. The Balaban J connectivity index is 1.59. The van der Waals surface area contributed by atoms with Crippen LogP contribution >= 0.6 is 23.4 Å². The molecule has 1 heterocycles. The SMILES string of the molecule is CC(Oc1ccccc1Cl)c1nnc(SCC(=O)Nc2ccccc2)n1C. The van der Waals surface area contributed by atoms with Crippen LogP contribution in [0.5, 0.6) is 5.75 Å². The molecule has 0 bridgehead atoms. The van der Waals surface area contributed by atoms with Crippen LogP contribution in [0.15, 0.2) is 59.8 Å². The van der Waals surface area contributed by atoms with Crippen molar-refractivity contribution in [3.05, 3.63) is 65.4 Å². The van der Waals surface area contributed by atoms with Crippen molar-refractivity contribution in [2.45, 2.75) is 18.2 Å². The molecule has 1 atom stereocenters. The Morgan fingerprint density at radius 3 is 2.63 bits per heavy atom. The molecule has 0 aliphatic carbocycles. The van der Waals surface area contributed by atoms with Crippen LogP contribution in [-0.2, 0) is 11.8 Å². The zero-order valence-corrected chi connectivity index (χ0v) is 16.5. The zero-order valence-electron chi connectivity index (χ0n) is 14.9. The molecule has 3 aromatic rings. The van der Waals surface area contributed by atoms with Crippen LogP contribution < -0.4 is 10.1 Å². The molecule has 8 heteroatoms. The molecule has 0 radical (unpaired) electrons. The van der Waals surface area contributed by atoms with Crippen molar-refractivity contribution in [2.75, 3.05) is 11.1 Å². The van der Waals surface area contributed by atoms with E-state index in [0.29, 0.717) is 21.8 Å². The number of nitrogens with one attached hydrogen (secondary N) is 1. The van der Waals surface area contributed by atoms with Crippen molar-refractivity contribution in [3.63, 3.8) is 0 Å². The maximum Gasteiger partial charge on any atom is 0.234 e. The number of ether oxygens (including phenoxy) is 1. The van der Waals surface area contributed by atoms with Crippen molar-refractivity contribution >= 4 is 35.0 Å². The Hall–Kier alpha value is -2.51. The van der Waals surface area contributed by atoms with E-state index >= 15 is 0 Å². The van der Waals surface area contributed by atoms with Gasteiger partial charge >= 0.3 is 0 Å². The first-order chi connectivity index (χ1) is 13.0. The molecule has 6 nitrogen and oxygen atoms in total. The minimum Gasteiger partial charge on any atom is -0.481 e. The van der Waals surface area contributed by atoms with E-state index in [1.54, 1.807) is 12.1 Å². The van der Waals surface area contributed by atoms with E-state index in [-0.39, 0.29) is 17.8 Å². The highest BCUT2D eigenvalue weighted by Gasteiger charge is 2.18. The molecule has 27 heavy (non-hydrogen) atoms. The zero-order chi connectivity index (χ0) is 19.2. The minimum atomic E-state index is -0.338. The number of benzene rings is 2. The maximum absolute atomic E-state index is 12.1. The summed E-state index contributed by atoms with van der Waals surface area (Å²) < 4.78 is 7.71. The van der Waals surface area contributed by atoms with E-state index in [0.717, 1.165) is 5.69 Å². The number of hydrogen-bond acceptors (Lipinski definition) is 5. The number of hydrogen-bond donors (Lipinski definition) is 1. The van der Waals surface area contributed by atoms with Gasteiger partial charge < -0.3 is 14.6 Å². The smallest absolute Gasteiger partial charge is 0.234 e. The van der Waals surface area contributed by atoms with Gasteiger partial charge in [-0.1, -0.05) is 53.7 Å². The van der Waals surface area contributed by atoms with Gasteiger partial charge in [0.1, 0.15) is 5.75 Å². The van der Waals surface area contributed by atoms with Crippen LogP contribution in [0.25, 0.3) is 0 Å². The molecule has 0 aliphatic rings. The van der Waals surface area contributed by atoms with Gasteiger partial charge in [-0.3, -0.25) is 4.79 Å². The molecule has 140 valence electrons. The summed E-state index contributed by atoms with van der Waals surface area (Å²) in [5, 5.41) is 12.4. The molecule has 1 unspecified atom stereocenters.